The summed E-state index contributed by atoms with van der Waals surface area (Å²) in [4.78, 5) is 0. The lowest BCUT2D eigenvalue weighted by Crippen LogP contribution is -2.48. The van der Waals surface area contributed by atoms with Crippen LogP contribution >= 0.6 is 11.8 Å². The third-order valence-corrected chi connectivity index (χ3v) is 5.73. The fourth-order valence-electron chi connectivity index (χ4n) is 2.53. The van der Waals surface area contributed by atoms with Gasteiger partial charge in [0.2, 0.25) is 0 Å². The molecule has 1 rings (SSSR count). The number of aliphatic hydroxyl groups is 1. The van der Waals surface area contributed by atoms with E-state index in [1.165, 1.54) is 25.7 Å². The van der Waals surface area contributed by atoms with E-state index in [4.69, 9.17) is 0 Å². The Morgan fingerprint density at radius 1 is 1.25 bits per heavy atom. The van der Waals surface area contributed by atoms with Crippen LogP contribution in [0.15, 0.2) is 0 Å². The van der Waals surface area contributed by atoms with Crippen molar-refractivity contribution < 1.29 is 5.11 Å². The Morgan fingerprint density at radius 3 is 2.38 bits per heavy atom. The van der Waals surface area contributed by atoms with Crippen LogP contribution in [0.2, 0.25) is 0 Å². The summed E-state index contributed by atoms with van der Waals surface area (Å²) in [6.45, 7) is 5.56. The topological polar surface area (TPSA) is 32.3 Å². The van der Waals surface area contributed by atoms with Gasteiger partial charge < -0.3 is 10.4 Å². The average Bonchev–Trinajstić information content (AvgIpc) is 2.34. The van der Waals surface area contributed by atoms with Crippen molar-refractivity contribution in [1.82, 2.24) is 5.32 Å². The van der Waals surface area contributed by atoms with Gasteiger partial charge in [-0.05, 0) is 31.9 Å². The Morgan fingerprint density at radius 2 is 1.88 bits per heavy atom. The summed E-state index contributed by atoms with van der Waals surface area (Å²) in [5, 5.41) is 13.5. The number of thioether (sulfide) groups is 1. The molecule has 0 aromatic carbocycles. The van der Waals surface area contributed by atoms with E-state index >= 15 is 0 Å². The van der Waals surface area contributed by atoms with Gasteiger partial charge in [-0.2, -0.15) is 11.8 Å². The summed E-state index contributed by atoms with van der Waals surface area (Å²) in [7, 11) is 0. The summed E-state index contributed by atoms with van der Waals surface area (Å²) in [5.74, 6) is 0. The molecule has 0 aliphatic heterocycles. The van der Waals surface area contributed by atoms with E-state index in [9.17, 15) is 5.11 Å². The van der Waals surface area contributed by atoms with Crippen molar-refractivity contribution in [1.29, 1.82) is 0 Å². The quantitative estimate of drug-likeness (QED) is 0.755. The van der Waals surface area contributed by atoms with E-state index in [0.29, 0.717) is 10.8 Å². The maximum atomic E-state index is 9.91. The van der Waals surface area contributed by atoms with Gasteiger partial charge in [0.15, 0.2) is 0 Å². The Bertz CT molecular complexity index is 186. The highest BCUT2D eigenvalue weighted by atomic mass is 32.2. The zero-order chi connectivity index (χ0) is 12.0. The molecule has 0 radical (unpaired) electrons. The fraction of sp³-hybridized carbons (Fsp3) is 1.00. The summed E-state index contributed by atoms with van der Waals surface area (Å²) in [5.41, 5.74) is 0. The Balaban J connectivity index is 2.41. The first-order valence-corrected chi connectivity index (χ1v) is 7.86. The van der Waals surface area contributed by atoms with E-state index in [-0.39, 0.29) is 6.10 Å². The van der Waals surface area contributed by atoms with Gasteiger partial charge in [-0.1, -0.05) is 26.7 Å². The van der Waals surface area contributed by atoms with Crippen molar-refractivity contribution in [3.05, 3.63) is 0 Å². The van der Waals surface area contributed by atoms with Gasteiger partial charge in [-0.25, -0.2) is 0 Å². The van der Waals surface area contributed by atoms with E-state index in [1.54, 1.807) is 0 Å². The van der Waals surface area contributed by atoms with Gasteiger partial charge in [0.1, 0.15) is 0 Å². The van der Waals surface area contributed by atoms with Crippen molar-refractivity contribution in [2.45, 2.75) is 69.3 Å². The van der Waals surface area contributed by atoms with Crippen LogP contribution in [-0.4, -0.2) is 34.8 Å². The molecule has 1 aliphatic carbocycles. The molecule has 1 aliphatic rings. The lowest BCUT2D eigenvalue weighted by atomic mass is 9.91. The Hall–Kier alpha value is 0.270. The monoisotopic (exact) mass is 245 g/mol. The number of hydrogen-bond acceptors (Lipinski definition) is 3. The minimum Gasteiger partial charge on any atom is -0.392 e. The molecular formula is C13H27NOS. The molecule has 2 atom stereocenters. The van der Waals surface area contributed by atoms with Gasteiger partial charge in [-0.15, -0.1) is 0 Å². The number of aliphatic hydroxyl groups excluding tert-OH is 1. The van der Waals surface area contributed by atoms with Gasteiger partial charge in [0.25, 0.3) is 0 Å². The lowest BCUT2D eigenvalue weighted by Gasteiger charge is -2.35. The molecule has 96 valence electrons. The van der Waals surface area contributed by atoms with Crippen molar-refractivity contribution in [2.24, 2.45) is 0 Å². The summed E-state index contributed by atoms with van der Waals surface area (Å²) >= 11 is 1.96. The number of rotatable bonds is 6. The molecule has 2 nitrogen and oxygen atoms in total. The molecule has 0 aromatic heterocycles. The highest BCUT2D eigenvalue weighted by Crippen LogP contribution is 2.30. The van der Waals surface area contributed by atoms with Crippen LogP contribution < -0.4 is 5.32 Å². The van der Waals surface area contributed by atoms with Crippen LogP contribution in [0.5, 0.6) is 0 Å². The second-order valence-electron chi connectivity index (χ2n) is 4.93. The summed E-state index contributed by atoms with van der Waals surface area (Å²) in [6.07, 6.45) is 9.03. The van der Waals surface area contributed by atoms with Crippen LogP contribution in [0.25, 0.3) is 0 Å². The van der Waals surface area contributed by atoms with Crippen molar-refractivity contribution in [2.75, 3.05) is 12.8 Å². The molecule has 16 heavy (non-hydrogen) atoms. The molecule has 0 heterocycles. The van der Waals surface area contributed by atoms with Gasteiger partial charge in [0, 0.05) is 17.3 Å². The highest BCUT2D eigenvalue weighted by Gasteiger charge is 2.28. The van der Waals surface area contributed by atoms with Crippen LogP contribution in [0, 0.1) is 0 Å². The Kier molecular flexibility index (Phi) is 6.16. The van der Waals surface area contributed by atoms with Gasteiger partial charge in [0.05, 0.1) is 6.10 Å². The smallest absolute Gasteiger partial charge is 0.0693 e. The second-order valence-corrected chi connectivity index (χ2v) is 6.21. The minimum absolute atomic E-state index is 0.123. The maximum Gasteiger partial charge on any atom is 0.0693 e. The predicted molar refractivity (Wildman–Crippen MR) is 73.1 cm³/mol. The fourth-order valence-corrected chi connectivity index (χ4v) is 3.33. The molecule has 0 spiro atoms. The summed E-state index contributed by atoms with van der Waals surface area (Å²) < 4.78 is 0.358. The van der Waals surface area contributed by atoms with E-state index in [0.717, 1.165) is 19.4 Å². The molecule has 2 N–H and O–H groups in total. The standard InChI is InChI=1S/C13H27NOS/c1-4-13(5-2,16-3)10-14-11-8-6-7-9-12(11)15/h11-12,14-15H,4-10H2,1-3H3. The van der Waals surface area contributed by atoms with Gasteiger partial charge in [-0.3, -0.25) is 0 Å². The first kappa shape index (κ1) is 14.3. The normalized spacial score (nSPS) is 27.0. The highest BCUT2D eigenvalue weighted by molar-refractivity contribution is 8.00. The molecule has 3 heteroatoms. The molecular weight excluding hydrogens is 218 g/mol. The Labute approximate surface area is 105 Å². The predicted octanol–water partition coefficient (Wildman–Crippen LogP) is 2.80. The first-order chi connectivity index (χ1) is 7.67. The van der Waals surface area contributed by atoms with Crippen LogP contribution in [0.1, 0.15) is 52.4 Å². The SMILES string of the molecule is CCC(CC)(CNC1CCCCC1O)SC. The molecule has 0 amide bonds. The third-order valence-electron chi connectivity index (χ3n) is 4.14. The molecule has 1 saturated carbocycles. The first-order valence-electron chi connectivity index (χ1n) is 6.64. The number of hydrogen-bond donors (Lipinski definition) is 2. The van der Waals surface area contributed by atoms with Crippen molar-refractivity contribution >= 4 is 11.8 Å². The van der Waals surface area contributed by atoms with Crippen molar-refractivity contribution in [3.63, 3.8) is 0 Å². The van der Waals surface area contributed by atoms with Crippen LogP contribution in [0.3, 0.4) is 0 Å². The molecule has 0 bridgehead atoms. The molecule has 0 aromatic rings. The van der Waals surface area contributed by atoms with Crippen LogP contribution in [-0.2, 0) is 0 Å². The second kappa shape index (κ2) is 6.87. The van der Waals surface area contributed by atoms with E-state index in [1.807, 2.05) is 11.8 Å². The van der Waals surface area contributed by atoms with Gasteiger partial charge >= 0.3 is 0 Å². The van der Waals surface area contributed by atoms with E-state index < -0.39 is 0 Å². The van der Waals surface area contributed by atoms with Crippen LogP contribution in [0.4, 0.5) is 0 Å². The molecule has 1 fully saturated rings. The molecule has 2 unspecified atom stereocenters. The number of nitrogens with one attached hydrogen (secondary N) is 1. The summed E-state index contributed by atoms with van der Waals surface area (Å²) in [6, 6.07) is 0.332. The minimum atomic E-state index is -0.123. The maximum absolute atomic E-state index is 9.91. The van der Waals surface area contributed by atoms with Crippen molar-refractivity contribution in [3.8, 4) is 0 Å². The average molecular weight is 245 g/mol. The molecule has 0 saturated heterocycles. The third kappa shape index (κ3) is 3.64. The lowest BCUT2D eigenvalue weighted by molar-refractivity contribution is 0.0895. The zero-order valence-corrected chi connectivity index (χ0v) is 11.8. The van der Waals surface area contributed by atoms with E-state index in [2.05, 4.69) is 25.4 Å². The zero-order valence-electron chi connectivity index (χ0n) is 11.0. The largest absolute Gasteiger partial charge is 0.392 e.